The third kappa shape index (κ3) is 7.75. The molecule has 2 N–H and O–H groups in total. The lowest BCUT2D eigenvalue weighted by Crippen LogP contribution is -2.13. The lowest BCUT2D eigenvalue weighted by Gasteiger charge is -2.19. The molecule has 1 aromatic carbocycles. The Morgan fingerprint density at radius 1 is 0.929 bits per heavy atom. The van der Waals surface area contributed by atoms with Crippen LogP contribution in [0.2, 0.25) is 0 Å². The Kier molecular flexibility index (Phi) is 10.3. The van der Waals surface area contributed by atoms with Crippen LogP contribution < -0.4 is 0 Å². The van der Waals surface area contributed by atoms with Gasteiger partial charge in [-0.3, -0.25) is 9.59 Å². The zero-order chi connectivity index (χ0) is 20.2. The number of aliphatic carboxylic acids is 1. The summed E-state index contributed by atoms with van der Waals surface area (Å²) in [6.07, 6.45) is 11.9. The average molecular weight is 389 g/mol. The van der Waals surface area contributed by atoms with Crippen molar-refractivity contribution in [2.24, 2.45) is 5.92 Å². The van der Waals surface area contributed by atoms with E-state index < -0.39 is 5.97 Å². The predicted octanol–water partition coefficient (Wildman–Crippen LogP) is 5.27. The molecule has 28 heavy (non-hydrogen) atoms. The van der Waals surface area contributed by atoms with E-state index in [4.69, 9.17) is 10.2 Å². The average Bonchev–Trinajstić information content (AvgIpc) is 3.05. The Morgan fingerprint density at radius 2 is 1.61 bits per heavy atom. The molecule has 1 aliphatic rings. The highest BCUT2D eigenvalue weighted by molar-refractivity contribution is 5.84. The summed E-state index contributed by atoms with van der Waals surface area (Å²) in [5.74, 6) is 0.178. The molecule has 1 aliphatic carbocycles. The standard InChI is InChI=1S/C24H36O4/c25-18-8-4-3-5-9-19-12-14-20(15-13-19)21-16-17-23(26)22(21)10-6-1-2-7-11-24(27)28/h12-15,21-22,25H,1-11,16-18H2,(H,27,28)/t21-,22-/m0/s1. The highest BCUT2D eigenvalue weighted by Crippen LogP contribution is 2.40. The summed E-state index contributed by atoms with van der Waals surface area (Å²) in [5, 5.41) is 17.5. The zero-order valence-electron chi connectivity index (χ0n) is 17.1. The minimum atomic E-state index is -0.723. The number of carboxylic acid groups (broad SMARTS) is 1. The molecule has 2 rings (SSSR count). The van der Waals surface area contributed by atoms with Crippen LogP contribution in [0.3, 0.4) is 0 Å². The van der Waals surface area contributed by atoms with E-state index in [1.807, 2.05) is 0 Å². The van der Waals surface area contributed by atoms with Crippen LogP contribution in [0, 0.1) is 5.92 Å². The summed E-state index contributed by atoms with van der Waals surface area (Å²) >= 11 is 0. The second-order valence-corrected chi connectivity index (χ2v) is 8.19. The molecule has 1 saturated carbocycles. The van der Waals surface area contributed by atoms with E-state index >= 15 is 0 Å². The number of aliphatic hydroxyl groups is 1. The summed E-state index contributed by atoms with van der Waals surface area (Å²) in [6.45, 7) is 0.290. The van der Waals surface area contributed by atoms with E-state index in [0.29, 0.717) is 18.1 Å². The van der Waals surface area contributed by atoms with Crippen LogP contribution in [0.4, 0.5) is 0 Å². The first-order chi connectivity index (χ1) is 13.6. The molecule has 0 saturated heterocycles. The quantitative estimate of drug-likeness (QED) is 0.426. The van der Waals surface area contributed by atoms with E-state index in [-0.39, 0.29) is 18.9 Å². The van der Waals surface area contributed by atoms with Crippen LogP contribution in [-0.2, 0) is 16.0 Å². The Hall–Kier alpha value is -1.68. The number of carbonyl (C=O) groups excluding carboxylic acids is 1. The summed E-state index contributed by atoms with van der Waals surface area (Å²) in [6, 6.07) is 8.86. The Labute approximate surface area is 169 Å². The number of aliphatic hydroxyl groups excluding tert-OH is 1. The van der Waals surface area contributed by atoms with Crippen LogP contribution >= 0.6 is 0 Å². The number of ketones is 1. The molecule has 4 nitrogen and oxygen atoms in total. The van der Waals surface area contributed by atoms with Gasteiger partial charge < -0.3 is 10.2 Å². The van der Waals surface area contributed by atoms with Crippen molar-refractivity contribution < 1.29 is 19.8 Å². The SMILES string of the molecule is O=C(O)CCCCCC[C@@H]1C(=O)CC[C@H]1c1ccc(CCCCCCO)cc1. The molecule has 1 fully saturated rings. The van der Waals surface area contributed by atoms with Crippen molar-refractivity contribution in [1.82, 2.24) is 0 Å². The minimum Gasteiger partial charge on any atom is -0.481 e. The van der Waals surface area contributed by atoms with Gasteiger partial charge in [0.1, 0.15) is 5.78 Å². The zero-order valence-corrected chi connectivity index (χ0v) is 17.1. The molecule has 2 atom stereocenters. The van der Waals surface area contributed by atoms with E-state index in [2.05, 4.69) is 24.3 Å². The summed E-state index contributed by atoms with van der Waals surface area (Å²) in [5.41, 5.74) is 2.65. The number of carboxylic acids is 1. The third-order valence-electron chi connectivity index (χ3n) is 6.04. The topological polar surface area (TPSA) is 74.6 Å². The number of unbranched alkanes of at least 4 members (excludes halogenated alkanes) is 6. The Bertz CT molecular complexity index is 593. The molecule has 0 bridgehead atoms. The van der Waals surface area contributed by atoms with Crippen molar-refractivity contribution >= 4 is 11.8 Å². The summed E-state index contributed by atoms with van der Waals surface area (Å²) < 4.78 is 0. The van der Waals surface area contributed by atoms with Crippen LogP contribution in [0.5, 0.6) is 0 Å². The number of aryl methyl sites for hydroxylation is 1. The normalized spacial score (nSPS) is 19.2. The molecule has 0 aromatic heterocycles. The molecule has 0 spiro atoms. The van der Waals surface area contributed by atoms with Gasteiger partial charge in [-0.1, -0.05) is 56.4 Å². The number of benzene rings is 1. The smallest absolute Gasteiger partial charge is 0.303 e. The van der Waals surface area contributed by atoms with Crippen molar-refractivity contribution in [3.63, 3.8) is 0 Å². The van der Waals surface area contributed by atoms with E-state index in [1.165, 1.54) is 11.1 Å². The Balaban J connectivity index is 1.77. The van der Waals surface area contributed by atoms with E-state index in [9.17, 15) is 9.59 Å². The van der Waals surface area contributed by atoms with Gasteiger partial charge in [-0.15, -0.1) is 0 Å². The van der Waals surface area contributed by atoms with Gasteiger partial charge in [-0.2, -0.15) is 0 Å². The van der Waals surface area contributed by atoms with Crippen molar-refractivity contribution in [1.29, 1.82) is 0 Å². The van der Waals surface area contributed by atoms with Crippen molar-refractivity contribution in [2.45, 2.75) is 89.4 Å². The van der Waals surface area contributed by atoms with Gasteiger partial charge in [0.2, 0.25) is 0 Å². The fourth-order valence-corrected chi connectivity index (χ4v) is 4.39. The molecule has 4 heteroatoms. The fraction of sp³-hybridized carbons (Fsp3) is 0.667. The maximum Gasteiger partial charge on any atom is 0.303 e. The number of rotatable bonds is 14. The monoisotopic (exact) mass is 388 g/mol. The Morgan fingerprint density at radius 3 is 2.32 bits per heavy atom. The predicted molar refractivity (Wildman–Crippen MR) is 112 cm³/mol. The lowest BCUT2D eigenvalue weighted by molar-refractivity contribution is -0.137. The second-order valence-electron chi connectivity index (χ2n) is 8.19. The van der Waals surface area contributed by atoms with Gasteiger partial charge in [0.25, 0.3) is 0 Å². The first-order valence-electron chi connectivity index (χ1n) is 11.1. The van der Waals surface area contributed by atoms with Crippen LogP contribution in [-0.4, -0.2) is 28.6 Å². The molecule has 156 valence electrons. The number of hydrogen-bond acceptors (Lipinski definition) is 3. The molecule has 0 heterocycles. The second kappa shape index (κ2) is 12.7. The van der Waals surface area contributed by atoms with Gasteiger partial charge in [0.15, 0.2) is 0 Å². The van der Waals surface area contributed by atoms with E-state index in [1.54, 1.807) is 0 Å². The first-order valence-corrected chi connectivity index (χ1v) is 11.1. The van der Waals surface area contributed by atoms with Crippen LogP contribution in [0.25, 0.3) is 0 Å². The molecule has 1 aromatic rings. The van der Waals surface area contributed by atoms with E-state index in [0.717, 1.165) is 70.6 Å². The fourth-order valence-electron chi connectivity index (χ4n) is 4.39. The third-order valence-corrected chi connectivity index (χ3v) is 6.04. The highest BCUT2D eigenvalue weighted by atomic mass is 16.4. The van der Waals surface area contributed by atoms with Crippen molar-refractivity contribution in [3.05, 3.63) is 35.4 Å². The summed E-state index contributed by atoms with van der Waals surface area (Å²) in [7, 11) is 0. The van der Waals surface area contributed by atoms with Gasteiger partial charge in [0.05, 0.1) is 0 Å². The number of carbonyl (C=O) groups is 2. The number of hydrogen-bond donors (Lipinski definition) is 2. The number of Topliss-reactive ketones (excluding diaryl/α,β-unsaturated/α-hetero) is 1. The largest absolute Gasteiger partial charge is 0.481 e. The maximum absolute atomic E-state index is 12.4. The first kappa shape index (κ1) is 22.6. The summed E-state index contributed by atoms with van der Waals surface area (Å²) in [4.78, 5) is 22.9. The lowest BCUT2D eigenvalue weighted by atomic mass is 9.84. The molecule has 0 unspecified atom stereocenters. The molecular weight excluding hydrogens is 352 g/mol. The van der Waals surface area contributed by atoms with Crippen LogP contribution in [0.15, 0.2) is 24.3 Å². The van der Waals surface area contributed by atoms with Crippen molar-refractivity contribution in [2.75, 3.05) is 6.61 Å². The van der Waals surface area contributed by atoms with Gasteiger partial charge in [0, 0.05) is 25.4 Å². The van der Waals surface area contributed by atoms with Crippen molar-refractivity contribution in [3.8, 4) is 0 Å². The van der Waals surface area contributed by atoms with Gasteiger partial charge in [-0.25, -0.2) is 0 Å². The molecule has 0 aliphatic heterocycles. The molecular formula is C24H36O4. The molecule has 0 amide bonds. The maximum atomic E-state index is 12.4. The van der Waals surface area contributed by atoms with Gasteiger partial charge in [-0.05, 0) is 55.6 Å². The minimum absolute atomic E-state index is 0.142. The van der Waals surface area contributed by atoms with Crippen LogP contribution in [0.1, 0.15) is 94.1 Å². The van der Waals surface area contributed by atoms with Gasteiger partial charge >= 0.3 is 5.97 Å². The highest BCUT2D eigenvalue weighted by Gasteiger charge is 2.34. The molecule has 0 radical (unpaired) electrons.